The number of nitrogens with one attached hydrogen (secondary N) is 1. The van der Waals surface area contributed by atoms with Gasteiger partial charge in [0.2, 0.25) is 5.91 Å². The second-order valence-corrected chi connectivity index (χ2v) is 7.25. The molecule has 2 aromatic carbocycles. The van der Waals surface area contributed by atoms with Crippen LogP contribution in [0.25, 0.3) is 11.4 Å². The summed E-state index contributed by atoms with van der Waals surface area (Å²) in [6.07, 6.45) is 0. The van der Waals surface area contributed by atoms with Crippen LogP contribution < -0.4 is 5.32 Å². The van der Waals surface area contributed by atoms with Crippen LogP contribution in [0, 0.1) is 0 Å². The molecule has 0 bridgehead atoms. The number of nitrogens with zero attached hydrogens (tertiary/aromatic N) is 3. The molecule has 0 aliphatic rings. The summed E-state index contributed by atoms with van der Waals surface area (Å²) in [5.41, 5.74) is 1.39. The third-order valence-electron chi connectivity index (χ3n) is 4.32. The number of methoxy groups -OCH3 is 2. The van der Waals surface area contributed by atoms with Crippen LogP contribution in [0.3, 0.4) is 0 Å². The minimum Gasteiger partial charge on any atom is -0.465 e. The van der Waals surface area contributed by atoms with Crippen molar-refractivity contribution in [1.29, 1.82) is 0 Å². The fraction of sp³-hybridized carbons (Fsp3) is 0.190. The van der Waals surface area contributed by atoms with E-state index in [1.54, 1.807) is 4.57 Å². The van der Waals surface area contributed by atoms with E-state index in [1.165, 1.54) is 44.2 Å². The molecule has 1 N–H and O–H groups in total. The Morgan fingerprint density at radius 3 is 2.39 bits per heavy atom. The van der Waals surface area contributed by atoms with Gasteiger partial charge in [0.1, 0.15) is 0 Å². The van der Waals surface area contributed by atoms with Gasteiger partial charge in [-0.25, -0.2) is 9.59 Å². The molecule has 3 aromatic rings. The number of rotatable bonds is 7. The first-order valence-electron chi connectivity index (χ1n) is 9.12. The SMILES string of the molecule is COC(=O)c1ccc(C(=O)OC)c(NC(=O)CSc2nnc(-c3ccccc3)n2C)c1. The average molecular weight is 440 g/mol. The molecule has 0 saturated carbocycles. The van der Waals surface area contributed by atoms with Crippen LogP contribution in [0.5, 0.6) is 0 Å². The molecule has 0 unspecified atom stereocenters. The maximum absolute atomic E-state index is 12.5. The van der Waals surface area contributed by atoms with Gasteiger partial charge in [-0.1, -0.05) is 42.1 Å². The van der Waals surface area contributed by atoms with E-state index >= 15 is 0 Å². The molecule has 1 amide bonds. The number of carbonyl (C=O) groups excluding carboxylic acids is 3. The molecule has 0 radical (unpaired) electrons. The quantitative estimate of drug-likeness (QED) is 0.441. The Kier molecular flexibility index (Phi) is 7.03. The van der Waals surface area contributed by atoms with Gasteiger partial charge >= 0.3 is 11.9 Å². The zero-order valence-corrected chi connectivity index (χ0v) is 17.9. The van der Waals surface area contributed by atoms with Gasteiger partial charge in [0.25, 0.3) is 0 Å². The molecular weight excluding hydrogens is 420 g/mol. The lowest BCUT2D eigenvalue weighted by Crippen LogP contribution is -2.18. The average Bonchev–Trinajstić information content (AvgIpc) is 3.17. The van der Waals surface area contributed by atoms with E-state index in [-0.39, 0.29) is 28.5 Å². The molecule has 0 saturated heterocycles. The molecule has 31 heavy (non-hydrogen) atoms. The molecule has 0 fully saturated rings. The highest BCUT2D eigenvalue weighted by atomic mass is 32.2. The first kappa shape index (κ1) is 22.0. The highest BCUT2D eigenvalue weighted by Gasteiger charge is 2.18. The molecule has 1 heterocycles. The van der Waals surface area contributed by atoms with Crippen molar-refractivity contribution in [2.24, 2.45) is 7.05 Å². The fourth-order valence-electron chi connectivity index (χ4n) is 2.78. The molecule has 0 aliphatic heterocycles. The second-order valence-electron chi connectivity index (χ2n) is 6.31. The van der Waals surface area contributed by atoms with E-state index in [1.807, 2.05) is 37.4 Å². The van der Waals surface area contributed by atoms with Crippen LogP contribution in [0.1, 0.15) is 20.7 Å². The highest BCUT2D eigenvalue weighted by Crippen LogP contribution is 2.24. The number of amides is 1. The lowest BCUT2D eigenvalue weighted by atomic mass is 10.1. The first-order valence-corrected chi connectivity index (χ1v) is 10.1. The van der Waals surface area contributed by atoms with Gasteiger partial charge in [-0.05, 0) is 18.2 Å². The third-order valence-corrected chi connectivity index (χ3v) is 5.34. The van der Waals surface area contributed by atoms with E-state index in [0.717, 1.165) is 5.56 Å². The van der Waals surface area contributed by atoms with Crippen LogP contribution in [0.15, 0.2) is 53.7 Å². The zero-order valence-electron chi connectivity index (χ0n) is 17.1. The first-order chi connectivity index (χ1) is 14.9. The molecule has 0 atom stereocenters. The van der Waals surface area contributed by atoms with Gasteiger partial charge in [0.15, 0.2) is 11.0 Å². The van der Waals surface area contributed by atoms with Crippen molar-refractivity contribution in [3.63, 3.8) is 0 Å². The van der Waals surface area contributed by atoms with Crippen LogP contribution in [0.2, 0.25) is 0 Å². The maximum atomic E-state index is 12.5. The molecular formula is C21H20N4O5S. The van der Waals surface area contributed by atoms with Crippen LogP contribution in [0.4, 0.5) is 5.69 Å². The van der Waals surface area contributed by atoms with Crippen molar-refractivity contribution in [3.8, 4) is 11.4 Å². The summed E-state index contributed by atoms with van der Waals surface area (Å²) in [6.45, 7) is 0. The van der Waals surface area contributed by atoms with Crippen molar-refractivity contribution in [2.75, 3.05) is 25.3 Å². The summed E-state index contributed by atoms with van der Waals surface area (Å²) in [6, 6.07) is 13.8. The molecule has 0 aliphatic carbocycles. The zero-order chi connectivity index (χ0) is 22.4. The Hall–Kier alpha value is -3.66. The molecule has 10 heteroatoms. The smallest absolute Gasteiger partial charge is 0.339 e. The van der Waals surface area contributed by atoms with Gasteiger partial charge in [-0.15, -0.1) is 10.2 Å². The normalized spacial score (nSPS) is 10.4. The monoisotopic (exact) mass is 440 g/mol. The lowest BCUT2D eigenvalue weighted by Gasteiger charge is -2.11. The van der Waals surface area contributed by atoms with Gasteiger partial charge in [0.05, 0.1) is 36.8 Å². The van der Waals surface area contributed by atoms with E-state index in [2.05, 4.69) is 15.5 Å². The van der Waals surface area contributed by atoms with Crippen LogP contribution >= 0.6 is 11.8 Å². The summed E-state index contributed by atoms with van der Waals surface area (Å²) < 4.78 is 11.2. The minimum atomic E-state index is -0.639. The molecule has 1 aromatic heterocycles. The number of carbonyl (C=O) groups is 3. The summed E-state index contributed by atoms with van der Waals surface area (Å²) in [5, 5.41) is 11.5. The van der Waals surface area contributed by atoms with Gasteiger partial charge in [-0.3, -0.25) is 4.79 Å². The van der Waals surface area contributed by atoms with Crippen molar-refractivity contribution in [3.05, 3.63) is 59.7 Å². The van der Waals surface area contributed by atoms with E-state index in [0.29, 0.717) is 11.0 Å². The number of anilines is 1. The van der Waals surface area contributed by atoms with Gasteiger partial charge < -0.3 is 19.4 Å². The van der Waals surface area contributed by atoms with Crippen LogP contribution in [-0.4, -0.2) is 52.6 Å². The topological polar surface area (TPSA) is 112 Å². The summed E-state index contributed by atoms with van der Waals surface area (Å²) in [5.74, 6) is -0.915. The van der Waals surface area contributed by atoms with Crippen molar-refractivity contribution in [1.82, 2.24) is 14.8 Å². The Morgan fingerprint density at radius 2 is 1.71 bits per heavy atom. The Bertz CT molecular complexity index is 1110. The number of aromatic nitrogens is 3. The fourth-order valence-corrected chi connectivity index (χ4v) is 3.49. The molecule has 9 nitrogen and oxygen atoms in total. The number of ether oxygens (including phenoxy) is 2. The second kappa shape index (κ2) is 9.90. The molecule has 3 rings (SSSR count). The standard InChI is InChI=1S/C21H20N4O5S/c1-25-18(13-7-5-4-6-8-13)23-24-21(25)31-12-17(26)22-16-11-14(19(27)29-2)9-10-15(16)20(28)30-3/h4-11H,12H2,1-3H3,(H,22,26). The number of hydrogen-bond acceptors (Lipinski definition) is 8. The minimum absolute atomic E-state index is 0.0177. The van der Waals surface area contributed by atoms with Crippen molar-refractivity contribution >= 4 is 35.3 Å². The van der Waals surface area contributed by atoms with Gasteiger partial charge in [0, 0.05) is 12.6 Å². The van der Waals surface area contributed by atoms with Crippen LogP contribution in [-0.2, 0) is 21.3 Å². The largest absolute Gasteiger partial charge is 0.465 e. The predicted molar refractivity (Wildman–Crippen MR) is 115 cm³/mol. The summed E-state index contributed by atoms with van der Waals surface area (Å²) >= 11 is 1.19. The number of hydrogen-bond donors (Lipinski definition) is 1. The highest BCUT2D eigenvalue weighted by molar-refractivity contribution is 7.99. The number of esters is 2. The third kappa shape index (κ3) is 5.10. The number of benzene rings is 2. The Labute approximate surface area is 182 Å². The predicted octanol–water partition coefficient (Wildman–Crippen LogP) is 2.79. The maximum Gasteiger partial charge on any atom is 0.339 e. The molecule has 0 spiro atoms. The van der Waals surface area contributed by atoms with E-state index in [4.69, 9.17) is 9.47 Å². The van der Waals surface area contributed by atoms with Crippen molar-refractivity contribution in [2.45, 2.75) is 5.16 Å². The number of thioether (sulfide) groups is 1. The van der Waals surface area contributed by atoms with E-state index in [9.17, 15) is 14.4 Å². The van der Waals surface area contributed by atoms with Crippen molar-refractivity contribution < 1.29 is 23.9 Å². The van der Waals surface area contributed by atoms with E-state index < -0.39 is 11.9 Å². The molecule has 160 valence electrons. The Balaban J connectivity index is 1.73. The summed E-state index contributed by atoms with van der Waals surface area (Å²) in [4.78, 5) is 36.3. The lowest BCUT2D eigenvalue weighted by molar-refractivity contribution is -0.113. The Morgan fingerprint density at radius 1 is 1.00 bits per heavy atom. The van der Waals surface area contributed by atoms with Gasteiger partial charge in [-0.2, -0.15) is 0 Å². The summed E-state index contributed by atoms with van der Waals surface area (Å²) in [7, 11) is 4.30.